The summed E-state index contributed by atoms with van der Waals surface area (Å²) >= 11 is 0. The number of fused-ring (bicyclic) bond motifs is 1. The van der Waals surface area contributed by atoms with Crippen molar-refractivity contribution in [2.45, 2.75) is 19.3 Å². The van der Waals surface area contributed by atoms with Gasteiger partial charge in [0.05, 0.1) is 5.41 Å². The number of hydrogen-bond donors (Lipinski definition) is 2. The molecule has 0 radical (unpaired) electrons. The number of carboxylic acid groups (broad SMARTS) is 1. The molecule has 1 saturated heterocycles. The van der Waals surface area contributed by atoms with Crippen LogP contribution >= 0.6 is 12.4 Å². The average molecular weight is 192 g/mol. The molecule has 1 aliphatic carbocycles. The Morgan fingerprint density at radius 2 is 2.33 bits per heavy atom. The molecule has 1 saturated carbocycles. The highest BCUT2D eigenvalue weighted by Crippen LogP contribution is 2.45. The Labute approximate surface area is 77.9 Å². The van der Waals surface area contributed by atoms with Gasteiger partial charge >= 0.3 is 5.97 Å². The maximum atomic E-state index is 11.0. The van der Waals surface area contributed by atoms with E-state index in [1.165, 1.54) is 0 Å². The number of halogens is 1. The second-order valence-electron chi connectivity index (χ2n) is 3.68. The van der Waals surface area contributed by atoms with E-state index in [0.29, 0.717) is 12.5 Å². The number of carboxylic acids is 1. The lowest BCUT2D eigenvalue weighted by Gasteiger charge is -2.21. The van der Waals surface area contributed by atoms with Crippen molar-refractivity contribution in [1.29, 1.82) is 0 Å². The van der Waals surface area contributed by atoms with Gasteiger partial charge in [0.1, 0.15) is 0 Å². The van der Waals surface area contributed by atoms with Gasteiger partial charge in [-0.15, -0.1) is 12.4 Å². The zero-order valence-corrected chi connectivity index (χ0v) is 7.69. The highest BCUT2D eigenvalue weighted by molar-refractivity contribution is 5.85. The van der Waals surface area contributed by atoms with Gasteiger partial charge in [0.2, 0.25) is 0 Å². The molecule has 2 N–H and O–H groups in total. The lowest BCUT2D eigenvalue weighted by molar-refractivity contribution is -0.149. The van der Waals surface area contributed by atoms with Crippen molar-refractivity contribution in [1.82, 2.24) is 5.32 Å². The fraction of sp³-hybridized carbons (Fsp3) is 0.875. The van der Waals surface area contributed by atoms with Gasteiger partial charge in [-0.2, -0.15) is 0 Å². The Kier molecular flexibility index (Phi) is 2.64. The fourth-order valence-corrected chi connectivity index (χ4v) is 2.50. The highest BCUT2D eigenvalue weighted by Gasteiger charge is 2.51. The van der Waals surface area contributed by atoms with Gasteiger partial charge in [0, 0.05) is 6.54 Å². The Bertz CT molecular complexity index is 185. The monoisotopic (exact) mass is 191 g/mol. The summed E-state index contributed by atoms with van der Waals surface area (Å²) in [6.45, 7) is 1.60. The van der Waals surface area contributed by atoms with Crippen LogP contribution in [-0.4, -0.2) is 24.2 Å². The molecule has 2 rings (SSSR count). The van der Waals surface area contributed by atoms with Crippen molar-refractivity contribution in [2.24, 2.45) is 11.3 Å². The van der Waals surface area contributed by atoms with Crippen LogP contribution in [0, 0.1) is 11.3 Å². The molecule has 0 aromatic carbocycles. The second-order valence-corrected chi connectivity index (χ2v) is 3.68. The maximum Gasteiger partial charge on any atom is 0.311 e. The number of rotatable bonds is 1. The minimum absolute atomic E-state index is 0. The fourth-order valence-electron chi connectivity index (χ4n) is 2.50. The van der Waals surface area contributed by atoms with Gasteiger partial charge in [-0.05, 0) is 25.3 Å². The Morgan fingerprint density at radius 3 is 2.92 bits per heavy atom. The molecule has 2 aliphatic rings. The lowest BCUT2D eigenvalue weighted by Crippen LogP contribution is -2.34. The third-order valence-corrected chi connectivity index (χ3v) is 3.21. The van der Waals surface area contributed by atoms with Crippen LogP contribution in [0.4, 0.5) is 0 Å². The average Bonchev–Trinajstić information content (AvgIpc) is 2.40. The minimum atomic E-state index is -0.593. The molecule has 0 aromatic rings. The summed E-state index contributed by atoms with van der Waals surface area (Å²) in [6.07, 6.45) is 3.07. The number of nitrogens with one attached hydrogen (secondary N) is 1. The van der Waals surface area contributed by atoms with E-state index >= 15 is 0 Å². The normalized spacial score (nSPS) is 38.8. The van der Waals surface area contributed by atoms with Crippen molar-refractivity contribution < 1.29 is 9.90 Å². The standard InChI is InChI=1S/C8H13NO2.ClH/c10-7(11)8-3-1-2-6(8)4-9-5-8;/h6,9H,1-5H2,(H,10,11);1H. The molecule has 2 unspecified atom stereocenters. The second kappa shape index (κ2) is 3.23. The van der Waals surface area contributed by atoms with Crippen molar-refractivity contribution in [3.8, 4) is 0 Å². The summed E-state index contributed by atoms with van der Waals surface area (Å²) in [7, 11) is 0. The van der Waals surface area contributed by atoms with Crippen molar-refractivity contribution in [2.75, 3.05) is 13.1 Å². The zero-order chi connectivity index (χ0) is 7.90. The van der Waals surface area contributed by atoms with E-state index in [2.05, 4.69) is 5.32 Å². The first-order chi connectivity index (χ1) is 5.26. The van der Waals surface area contributed by atoms with Gasteiger partial charge < -0.3 is 10.4 Å². The Balaban J connectivity index is 0.000000720. The summed E-state index contributed by atoms with van der Waals surface area (Å²) in [5.41, 5.74) is -0.389. The SMILES string of the molecule is Cl.O=C(O)C12CCCC1CNC2. The van der Waals surface area contributed by atoms with Crippen molar-refractivity contribution >= 4 is 18.4 Å². The molecule has 2 atom stereocenters. The highest BCUT2D eigenvalue weighted by atomic mass is 35.5. The topological polar surface area (TPSA) is 49.3 Å². The molecule has 0 aromatic heterocycles. The van der Waals surface area contributed by atoms with E-state index in [1.54, 1.807) is 0 Å². The van der Waals surface area contributed by atoms with Gasteiger partial charge in [0.15, 0.2) is 0 Å². The predicted molar refractivity (Wildman–Crippen MR) is 47.5 cm³/mol. The largest absolute Gasteiger partial charge is 0.481 e. The molecule has 1 heterocycles. The predicted octanol–water partition coefficient (Wildman–Crippen LogP) is 0.882. The molecular formula is C8H14ClNO2. The first kappa shape index (κ1) is 9.81. The molecule has 3 nitrogen and oxygen atoms in total. The summed E-state index contributed by atoms with van der Waals surface area (Å²) in [5, 5.41) is 12.2. The smallest absolute Gasteiger partial charge is 0.311 e. The molecule has 0 amide bonds. The maximum absolute atomic E-state index is 11.0. The summed E-state index contributed by atoms with van der Waals surface area (Å²) in [4.78, 5) is 11.0. The van der Waals surface area contributed by atoms with Crippen LogP contribution in [0.3, 0.4) is 0 Å². The Hall–Kier alpha value is -0.280. The van der Waals surface area contributed by atoms with Crippen LogP contribution in [0.25, 0.3) is 0 Å². The van der Waals surface area contributed by atoms with E-state index in [9.17, 15) is 4.79 Å². The molecule has 2 fully saturated rings. The van der Waals surface area contributed by atoms with Crippen LogP contribution in [0.15, 0.2) is 0 Å². The number of hydrogen-bond acceptors (Lipinski definition) is 2. The van der Waals surface area contributed by atoms with Crippen LogP contribution in [-0.2, 0) is 4.79 Å². The van der Waals surface area contributed by atoms with E-state index in [4.69, 9.17) is 5.11 Å². The van der Waals surface area contributed by atoms with Crippen LogP contribution in [0.5, 0.6) is 0 Å². The van der Waals surface area contributed by atoms with Crippen LogP contribution in [0.2, 0.25) is 0 Å². The summed E-state index contributed by atoms with van der Waals surface area (Å²) in [5.74, 6) is -0.190. The lowest BCUT2D eigenvalue weighted by atomic mass is 9.81. The molecule has 12 heavy (non-hydrogen) atoms. The molecule has 70 valence electrons. The molecular weight excluding hydrogens is 178 g/mol. The Morgan fingerprint density at radius 1 is 1.58 bits per heavy atom. The third kappa shape index (κ3) is 1.12. The van der Waals surface area contributed by atoms with Crippen LogP contribution in [0.1, 0.15) is 19.3 Å². The quantitative estimate of drug-likeness (QED) is 0.647. The van der Waals surface area contributed by atoms with Gasteiger partial charge in [-0.1, -0.05) is 6.42 Å². The molecule has 0 spiro atoms. The van der Waals surface area contributed by atoms with Crippen LogP contribution < -0.4 is 5.32 Å². The number of aliphatic carboxylic acids is 1. The first-order valence-corrected chi connectivity index (χ1v) is 4.20. The molecule has 0 bridgehead atoms. The zero-order valence-electron chi connectivity index (χ0n) is 6.88. The molecule has 4 heteroatoms. The summed E-state index contributed by atoms with van der Waals surface area (Å²) in [6, 6.07) is 0. The minimum Gasteiger partial charge on any atom is -0.481 e. The third-order valence-electron chi connectivity index (χ3n) is 3.21. The van der Waals surface area contributed by atoms with Gasteiger partial charge in [-0.3, -0.25) is 4.79 Å². The van der Waals surface area contributed by atoms with E-state index in [0.717, 1.165) is 25.8 Å². The van der Waals surface area contributed by atoms with Crippen molar-refractivity contribution in [3.63, 3.8) is 0 Å². The summed E-state index contributed by atoms with van der Waals surface area (Å²) < 4.78 is 0. The van der Waals surface area contributed by atoms with E-state index in [1.807, 2.05) is 0 Å². The van der Waals surface area contributed by atoms with Gasteiger partial charge in [-0.25, -0.2) is 0 Å². The van der Waals surface area contributed by atoms with Gasteiger partial charge in [0.25, 0.3) is 0 Å². The molecule has 1 aliphatic heterocycles. The first-order valence-electron chi connectivity index (χ1n) is 4.20. The number of carbonyl (C=O) groups is 1. The van der Waals surface area contributed by atoms with Crippen molar-refractivity contribution in [3.05, 3.63) is 0 Å². The van der Waals surface area contributed by atoms with E-state index in [-0.39, 0.29) is 17.8 Å². The van der Waals surface area contributed by atoms with E-state index < -0.39 is 5.97 Å².